The van der Waals surface area contributed by atoms with Crippen LogP contribution >= 0.6 is 10.7 Å². The van der Waals surface area contributed by atoms with Crippen molar-refractivity contribution in [1.82, 2.24) is 14.8 Å². The Bertz CT molecular complexity index is 763. The molecule has 21 heavy (non-hydrogen) atoms. The van der Waals surface area contributed by atoms with Crippen LogP contribution in [0.3, 0.4) is 0 Å². The standard InChI is InChI=1S/C13H14ClN3O3S/c1-20-13(4-2-5-13)10-3-6-15-12(7-10)17-9-11(8-16-17)21(14,18)19/h3,6-9H,2,4-5H2,1H3. The summed E-state index contributed by atoms with van der Waals surface area (Å²) in [7, 11) is 3.21. The second-order valence-corrected chi connectivity index (χ2v) is 7.58. The highest BCUT2D eigenvalue weighted by atomic mass is 35.7. The Hall–Kier alpha value is -1.44. The van der Waals surface area contributed by atoms with E-state index in [1.54, 1.807) is 13.3 Å². The summed E-state index contributed by atoms with van der Waals surface area (Å²) in [6, 6.07) is 3.77. The number of rotatable bonds is 4. The maximum atomic E-state index is 11.3. The molecule has 6 nitrogen and oxygen atoms in total. The zero-order valence-electron chi connectivity index (χ0n) is 11.4. The molecule has 2 aromatic heterocycles. The summed E-state index contributed by atoms with van der Waals surface area (Å²) >= 11 is 0. The minimum Gasteiger partial charge on any atom is -0.374 e. The molecule has 0 radical (unpaired) electrons. The highest BCUT2D eigenvalue weighted by Crippen LogP contribution is 2.44. The summed E-state index contributed by atoms with van der Waals surface area (Å²) in [5.41, 5.74) is 0.763. The van der Waals surface area contributed by atoms with Crippen molar-refractivity contribution in [2.45, 2.75) is 29.8 Å². The molecule has 0 amide bonds. The summed E-state index contributed by atoms with van der Waals surface area (Å²) < 4.78 is 29.6. The van der Waals surface area contributed by atoms with Crippen molar-refractivity contribution in [2.24, 2.45) is 0 Å². The molecule has 8 heteroatoms. The number of hydrogen-bond donors (Lipinski definition) is 0. The lowest BCUT2D eigenvalue weighted by Crippen LogP contribution is -2.36. The number of ether oxygens (including phenoxy) is 1. The fourth-order valence-electron chi connectivity index (χ4n) is 2.49. The molecular formula is C13H14ClN3O3S. The van der Waals surface area contributed by atoms with Gasteiger partial charge in [0.25, 0.3) is 9.05 Å². The highest BCUT2D eigenvalue weighted by Gasteiger charge is 2.39. The van der Waals surface area contributed by atoms with E-state index in [9.17, 15) is 8.42 Å². The molecule has 3 rings (SSSR count). The molecule has 0 bridgehead atoms. The van der Waals surface area contributed by atoms with Gasteiger partial charge in [-0.2, -0.15) is 5.10 Å². The third kappa shape index (κ3) is 2.56. The first kappa shape index (κ1) is 14.5. The van der Waals surface area contributed by atoms with Crippen molar-refractivity contribution in [3.8, 4) is 5.82 Å². The minimum atomic E-state index is -3.79. The Morgan fingerprint density at radius 3 is 2.71 bits per heavy atom. The molecule has 0 unspecified atom stereocenters. The predicted molar refractivity (Wildman–Crippen MR) is 76.9 cm³/mol. The van der Waals surface area contributed by atoms with Crippen LogP contribution in [-0.2, 0) is 19.4 Å². The molecule has 1 aliphatic rings. The van der Waals surface area contributed by atoms with Crippen LogP contribution in [0.15, 0.2) is 35.6 Å². The quantitative estimate of drug-likeness (QED) is 0.805. The van der Waals surface area contributed by atoms with Gasteiger partial charge < -0.3 is 4.74 Å². The van der Waals surface area contributed by atoms with Gasteiger partial charge in [-0.15, -0.1) is 0 Å². The molecule has 0 N–H and O–H groups in total. The number of pyridine rings is 1. The first-order valence-corrected chi connectivity index (χ1v) is 8.77. The van der Waals surface area contributed by atoms with Gasteiger partial charge in [0.15, 0.2) is 5.82 Å². The van der Waals surface area contributed by atoms with Crippen molar-refractivity contribution in [1.29, 1.82) is 0 Å². The molecule has 1 fully saturated rings. The largest absolute Gasteiger partial charge is 0.374 e. The minimum absolute atomic E-state index is 0.0542. The Morgan fingerprint density at radius 1 is 1.43 bits per heavy atom. The van der Waals surface area contributed by atoms with Crippen molar-refractivity contribution in [3.63, 3.8) is 0 Å². The number of nitrogens with zero attached hydrogens (tertiary/aromatic N) is 3. The van der Waals surface area contributed by atoms with Gasteiger partial charge in [0, 0.05) is 24.0 Å². The first-order valence-electron chi connectivity index (χ1n) is 6.46. The van der Waals surface area contributed by atoms with E-state index in [0.29, 0.717) is 5.82 Å². The third-order valence-electron chi connectivity index (χ3n) is 3.90. The Kier molecular flexibility index (Phi) is 3.51. The summed E-state index contributed by atoms with van der Waals surface area (Å²) in [6.07, 6.45) is 7.27. The van der Waals surface area contributed by atoms with Crippen LogP contribution in [0.1, 0.15) is 24.8 Å². The number of methoxy groups -OCH3 is 1. The van der Waals surface area contributed by atoms with Crippen LogP contribution in [-0.4, -0.2) is 30.3 Å². The van der Waals surface area contributed by atoms with Crippen molar-refractivity contribution >= 4 is 19.7 Å². The van der Waals surface area contributed by atoms with Gasteiger partial charge in [-0.1, -0.05) is 0 Å². The van der Waals surface area contributed by atoms with E-state index in [-0.39, 0.29) is 10.5 Å². The third-order valence-corrected chi connectivity index (χ3v) is 5.21. The zero-order valence-corrected chi connectivity index (χ0v) is 12.9. The molecule has 0 aliphatic heterocycles. The molecule has 2 aromatic rings. The van der Waals surface area contributed by atoms with Crippen LogP contribution in [0, 0.1) is 0 Å². The molecule has 112 valence electrons. The van der Waals surface area contributed by atoms with Crippen LogP contribution in [0.4, 0.5) is 0 Å². The van der Waals surface area contributed by atoms with E-state index in [1.165, 1.54) is 17.1 Å². The molecule has 0 spiro atoms. The smallest absolute Gasteiger partial charge is 0.264 e. The fraction of sp³-hybridized carbons (Fsp3) is 0.385. The number of hydrogen-bond acceptors (Lipinski definition) is 5. The molecule has 2 heterocycles. The van der Waals surface area contributed by atoms with Gasteiger partial charge >= 0.3 is 0 Å². The zero-order chi connectivity index (χ0) is 15.1. The summed E-state index contributed by atoms with van der Waals surface area (Å²) in [6.45, 7) is 0. The van der Waals surface area contributed by atoms with Crippen LogP contribution < -0.4 is 0 Å². The topological polar surface area (TPSA) is 74.1 Å². The summed E-state index contributed by atoms with van der Waals surface area (Å²) in [5.74, 6) is 0.530. The maximum absolute atomic E-state index is 11.3. The highest BCUT2D eigenvalue weighted by molar-refractivity contribution is 8.13. The van der Waals surface area contributed by atoms with Crippen molar-refractivity contribution < 1.29 is 13.2 Å². The van der Waals surface area contributed by atoms with E-state index in [2.05, 4.69) is 10.1 Å². The Labute approximate surface area is 127 Å². The lowest BCUT2D eigenvalue weighted by molar-refractivity contribution is -0.0779. The lowest BCUT2D eigenvalue weighted by Gasteiger charge is -2.41. The van der Waals surface area contributed by atoms with Gasteiger partial charge in [-0.05, 0) is 37.0 Å². The van der Waals surface area contributed by atoms with Crippen LogP contribution in [0.25, 0.3) is 5.82 Å². The molecule has 0 atom stereocenters. The van der Waals surface area contributed by atoms with E-state index < -0.39 is 9.05 Å². The van der Waals surface area contributed by atoms with Gasteiger partial charge in [0.1, 0.15) is 4.90 Å². The molecule has 0 aromatic carbocycles. The van der Waals surface area contributed by atoms with E-state index in [4.69, 9.17) is 15.4 Å². The van der Waals surface area contributed by atoms with Crippen LogP contribution in [0.5, 0.6) is 0 Å². The van der Waals surface area contributed by atoms with Gasteiger partial charge in [0.05, 0.1) is 18.0 Å². The van der Waals surface area contributed by atoms with Crippen LogP contribution in [0.2, 0.25) is 0 Å². The molecule has 1 saturated carbocycles. The second kappa shape index (κ2) is 5.08. The van der Waals surface area contributed by atoms with Gasteiger partial charge in [0.2, 0.25) is 0 Å². The average Bonchev–Trinajstić information content (AvgIpc) is 2.88. The molecule has 0 saturated heterocycles. The average molecular weight is 328 g/mol. The summed E-state index contributed by atoms with van der Waals surface area (Å²) in [4.78, 5) is 4.16. The SMILES string of the molecule is COC1(c2ccnc(-n3cc(S(=O)(=O)Cl)cn3)c2)CCC1. The van der Waals surface area contributed by atoms with E-state index >= 15 is 0 Å². The van der Waals surface area contributed by atoms with E-state index in [1.807, 2.05) is 12.1 Å². The van der Waals surface area contributed by atoms with Gasteiger partial charge in [-0.25, -0.2) is 18.1 Å². The van der Waals surface area contributed by atoms with Crippen molar-refractivity contribution in [2.75, 3.05) is 7.11 Å². The normalized spacial score (nSPS) is 17.4. The fourth-order valence-corrected chi connectivity index (χ4v) is 3.13. The number of aromatic nitrogens is 3. The molecule has 1 aliphatic carbocycles. The maximum Gasteiger partial charge on any atom is 0.264 e. The lowest BCUT2D eigenvalue weighted by atomic mass is 9.75. The van der Waals surface area contributed by atoms with E-state index in [0.717, 1.165) is 24.8 Å². The predicted octanol–water partition coefficient (Wildman–Crippen LogP) is 2.22. The number of halogens is 1. The van der Waals surface area contributed by atoms with Gasteiger partial charge in [-0.3, -0.25) is 0 Å². The summed E-state index contributed by atoms with van der Waals surface area (Å²) in [5, 5.41) is 4.00. The first-order chi connectivity index (χ1) is 9.94. The Morgan fingerprint density at radius 2 is 2.19 bits per heavy atom. The second-order valence-electron chi connectivity index (χ2n) is 5.01. The Balaban J connectivity index is 1.98. The van der Waals surface area contributed by atoms with Crippen molar-refractivity contribution in [3.05, 3.63) is 36.3 Å². The molecular weight excluding hydrogens is 314 g/mol. The monoisotopic (exact) mass is 327 g/mol.